The highest BCUT2D eigenvalue weighted by atomic mass is 16.5. The molecule has 0 aromatic carbocycles. The van der Waals surface area contributed by atoms with Crippen LogP contribution >= 0.6 is 0 Å². The zero-order chi connectivity index (χ0) is 11.9. The number of rotatable bonds is 6. The number of hydrogen-bond acceptors (Lipinski definition) is 5. The molecule has 0 aliphatic carbocycles. The van der Waals surface area contributed by atoms with Gasteiger partial charge in [0.25, 0.3) is 0 Å². The topological polar surface area (TPSA) is 56.3 Å². The first-order valence-electron chi connectivity index (χ1n) is 6.15. The summed E-state index contributed by atoms with van der Waals surface area (Å²) < 4.78 is 10.9. The van der Waals surface area contributed by atoms with Crippen LogP contribution in [0.5, 0.6) is 5.88 Å². The Morgan fingerprint density at radius 3 is 3.24 bits per heavy atom. The highest BCUT2D eigenvalue weighted by Gasteiger charge is 2.16. The molecule has 1 N–H and O–H groups in total. The Kier molecular flexibility index (Phi) is 4.55. The van der Waals surface area contributed by atoms with E-state index in [4.69, 9.17) is 9.47 Å². The number of nitrogens with one attached hydrogen (secondary N) is 1. The van der Waals surface area contributed by atoms with Crippen molar-refractivity contribution in [2.24, 2.45) is 5.92 Å². The molecule has 5 nitrogen and oxygen atoms in total. The molecule has 2 rings (SSSR count). The molecule has 5 heteroatoms. The predicted molar refractivity (Wildman–Crippen MR) is 65.2 cm³/mol. The highest BCUT2D eigenvalue weighted by Crippen LogP contribution is 2.15. The number of hydrogen-bond donors (Lipinski definition) is 1. The number of anilines is 1. The van der Waals surface area contributed by atoms with Crippen LogP contribution < -0.4 is 10.1 Å². The fraction of sp³-hybridized carbons (Fsp3) is 0.667. The molecule has 17 heavy (non-hydrogen) atoms. The average molecular weight is 237 g/mol. The third-order valence-electron chi connectivity index (χ3n) is 2.66. The van der Waals surface area contributed by atoms with Crippen molar-refractivity contribution in [1.82, 2.24) is 9.97 Å². The molecule has 1 fully saturated rings. The molecule has 1 aromatic heterocycles. The van der Waals surface area contributed by atoms with E-state index in [1.54, 1.807) is 12.4 Å². The van der Waals surface area contributed by atoms with E-state index in [0.29, 0.717) is 18.4 Å². The van der Waals surface area contributed by atoms with Crippen molar-refractivity contribution in [3.63, 3.8) is 0 Å². The molecule has 1 unspecified atom stereocenters. The fourth-order valence-corrected chi connectivity index (χ4v) is 1.67. The summed E-state index contributed by atoms with van der Waals surface area (Å²) in [5, 5.41) is 3.18. The van der Waals surface area contributed by atoms with Gasteiger partial charge in [0.05, 0.1) is 25.6 Å². The lowest BCUT2D eigenvalue weighted by Crippen LogP contribution is -2.13. The number of ether oxygens (including phenoxy) is 2. The second kappa shape index (κ2) is 6.39. The SMILES string of the molecule is CCCNc1cncc(OCC2CCOC2)n1. The maximum Gasteiger partial charge on any atom is 0.234 e. The standard InChI is InChI=1S/C12H19N3O2/c1-2-4-14-11-6-13-7-12(15-11)17-9-10-3-5-16-8-10/h6-7,10H,2-5,8-9H2,1H3,(H,14,15). The summed E-state index contributed by atoms with van der Waals surface area (Å²) in [5.41, 5.74) is 0. The van der Waals surface area contributed by atoms with Gasteiger partial charge in [-0.15, -0.1) is 0 Å². The Labute approximate surface area is 102 Å². The number of nitrogens with zero attached hydrogens (tertiary/aromatic N) is 2. The first-order chi connectivity index (χ1) is 8.38. The van der Waals surface area contributed by atoms with Crippen LogP contribution in [0.25, 0.3) is 0 Å². The van der Waals surface area contributed by atoms with Crippen LogP contribution in [0.15, 0.2) is 12.4 Å². The van der Waals surface area contributed by atoms with Crippen molar-refractivity contribution in [2.45, 2.75) is 19.8 Å². The van der Waals surface area contributed by atoms with E-state index in [1.807, 2.05) is 0 Å². The van der Waals surface area contributed by atoms with Gasteiger partial charge in [-0.25, -0.2) is 0 Å². The smallest absolute Gasteiger partial charge is 0.234 e. The van der Waals surface area contributed by atoms with Crippen LogP contribution in [0, 0.1) is 5.92 Å². The van der Waals surface area contributed by atoms with E-state index in [2.05, 4.69) is 22.2 Å². The molecule has 1 saturated heterocycles. The lowest BCUT2D eigenvalue weighted by molar-refractivity contribution is 0.165. The molecule has 0 radical (unpaired) electrons. The normalized spacial score (nSPS) is 19.2. The summed E-state index contributed by atoms with van der Waals surface area (Å²) in [6.07, 6.45) is 5.49. The molecule has 1 aliphatic heterocycles. The van der Waals surface area contributed by atoms with E-state index in [-0.39, 0.29) is 0 Å². The van der Waals surface area contributed by atoms with Gasteiger partial charge in [0.1, 0.15) is 5.82 Å². The third-order valence-corrected chi connectivity index (χ3v) is 2.66. The summed E-state index contributed by atoms with van der Waals surface area (Å²) in [6, 6.07) is 0. The largest absolute Gasteiger partial charge is 0.476 e. The van der Waals surface area contributed by atoms with Gasteiger partial charge in [-0.2, -0.15) is 4.98 Å². The predicted octanol–water partition coefficient (Wildman–Crippen LogP) is 1.71. The highest BCUT2D eigenvalue weighted by molar-refractivity contribution is 5.32. The monoisotopic (exact) mass is 237 g/mol. The van der Waals surface area contributed by atoms with Gasteiger partial charge < -0.3 is 14.8 Å². The minimum atomic E-state index is 0.490. The Hall–Kier alpha value is -1.36. The first kappa shape index (κ1) is 12.1. The van der Waals surface area contributed by atoms with E-state index < -0.39 is 0 Å². The van der Waals surface area contributed by atoms with Crippen molar-refractivity contribution in [1.29, 1.82) is 0 Å². The summed E-state index contributed by atoms with van der Waals surface area (Å²) in [7, 11) is 0. The zero-order valence-corrected chi connectivity index (χ0v) is 10.2. The van der Waals surface area contributed by atoms with E-state index in [1.165, 1.54) is 0 Å². The van der Waals surface area contributed by atoms with Crippen LogP contribution in [0.2, 0.25) is 0 Å². The second-order valence-electron chi connectivity index (χ2n) is 4.21. The summed E-state index contributed by atoms with van der Waals surface area (Å²) in [4.78, 5) is 8.44. The van der Waals surface area contributed by atoms with E-state index in [9.17, 15) is 0 Å². The van der Waals surface area contributed by atoms with Crippen LogP contribution in [0.4, 0.5) is 5.82 Å². The van der Waals surface area contributed by atoms with Gasteiger partial charge in [-0.3, -0.25) is 4.98 Å². The Bertz CT molecular complexity index is 340. The molecular formula is C12H19N3O2. The van der Waals surface area contributed by atoms with Crippen LogP contribution in [0.3, 0.4) is 0 Å². The Morgan fingerprint density at radius 1 is 1.53 bits per heavy atom. The van der Waals surface area contributed by atoms with Crippen molar-refractivity contribution in [3.05, 3.63) is 12.4 Å². The molecule has 1 atom stereocenters. The third kappa shape index (κ3) is 3.85. The lowest BCUT2D eigenvalue weighted by atomic mass is 10.1. The maximum atomic E-state index is 5.62. The van der Waals surface area contributed by atoms with E-state index in [0.717, 1.165) is 38.4 Å². The molecule has 94 valence electrons. The molecule has 0 amide bonds. The lowest BCUT2D eigenvalue weighted by Gasteiger charge is -2.10. The van der Waals surface area contributed by atoms with Crippen LogP contribution in [-0.2, 0) is 4.74 Å². The Balaban J connectivity index is 1.82. The van der Waals surface area contributed by atoms with Crippen molar-refractivity contribution in [2.75, 3.05) is 31.7 Å². The quantitative estimate of drug-likeness (QED) is 0.816. The second-order valence-corrected chi connectivity index (χ2v) is 4.21. The summed E-state index contributed by atoms with van der Waals surface area (Å²) in [6.45, 7) is 5.31. The summed E-state index contributed by atoms with van der Waals surface area (Å²) >= 11 is 0. The van der Waals surface area contributed by atoms with Crippen molar-refractivity contribution < 1.29 is 9.47 Å². The van der Waals surface area contributed by atoms with Gasteiger partial charge in [0, 0.05) is 19.1 Å². The minimum Gasteiger partial charge on any atom is -0.476 e. The van der Waals surface area contributed by atoms with Crippen LogP contribution in [0.1, 0.15) is 19.8 Å². The van der Waals surface area contributed by atoms with Gasteiger partial charge in [0.2, 0.25) is 5.88 Å². The first-order valence-corrected chi connectivity index (χ1v) is 6.15. The van der Waals surface area contributed by atoms with Gasteiger partial charge >= 0.3 is 0 Å². The maximum absolute atomic E-state index is 5.62. The minimum absolute atomic E-state index is 0.490. The summed E-state index contributed by atoms with van der Waals surface area (Å²) in [5.74, 6) is 1.84. The van der Waals surface area contributed by atoms with E-state index >= 15 is 0 Å². The fourth-order valence-electron chi connectivity index (χ4n) is 1.67. The zero-order valence-electron chi connectivity index (χ0n) is 10.2. The molecule has 1 aromatic rings. The molecule has 0 bridgehead atoms. The van der Waals surface area contributed by atoms with Crippen molar-refractivity contribution >= 4 is 5.82 Å². The molecule has 0 spiro atoms. The van der Waals surface area contributed by atoms with Gasteiger partial charge in [-0.05, 0) is 12.8 Å². The average Bonchev–Trinajstić information content (AvgIpc) is 2.87. The molecular weight excluding hydrogens is 218 g/mol. The Morgan fingerprint density at radius 2 is 2.47 bits per heavy atom. The molecule has 0 saturated carbocycles. The molecule has 2 heterocycles. The van der Waals surface area contributed by atoms with Crippen LogP contribution in [-0.4, -0.2) is 36.3 Å². The van der Waals surface area contributed by atoms with Crippen molar-refractivity contribution in [3.8, 4) is 5.88 Å². The number of aromatic nitrogens is 2. The van der Waals surface area contributed by atoms with Gasteiger partial charge in [0.15, 0.2) is 0 Å². The van der Waals surface area contributed by atoms with Gasteiger partial charge in [-0.1, -0.05) is 6.92 Å². The molecule has 1 aliphatic rings.